The number of carbonyl (C=O) groups is 1. The van der Waals surface area contributed by atoms with Crippen LogP contribution in [0.4, 0.5) is 0 Å². The minimum absolute atomic E-state index is 0.0359. The highest BCUT2D eigenvalue weighted by Gasteiger charge is 2.30. The molecular formula is C26H27ClN4O3. The van der Waals surface area contributed by atoms with Crippen molar-refractivity contribution >= 4 is 39.3 Å². The van der Waals surface area contributed by atoms with Gasteiger partial charge in [-0.1, -0.05) is 53.2 Å². The van der Waals surface area contributed by atoms with Gasteiger partial charge >= 0.3 is 0 Å². The summed E-state index contributed by atoms with van der Waals surface area (Å²) in [6.07, 6.45) is 3.28. The molecule has 2 aromatic carbocycles. The Morgan fingerprint density at radius 3 is 2.71 bits per heavy atom. The standard InChI is InChI=1S/C26H27ClN4O3/c1-15-21-24(30-34-15)22-19(27)12-7-13-20(22)31(26(21)33)18-11-6-10-17(14-18)29-25(32)23(28-2)16-8-4-3-5-9-16/h3-5,7-9,12-13,17-18,23,28H,6,10-11,14H2,1-2H3,(H,29,32)/t17?,18-,23?/m0/s1. The monoisotopic (exact) mass is 478 g/mol. The first kappa shape index (κ1) is 22.6. The fraction of sp³-hybridized carbons (Fsp3) is 0.346. The minimum atomic E-state index is -0.431. The highest BCUT2D eigenvalue weighted by molar-refractivity contribution is 6.37. The molecule has 1 aliphatic rings. The van der Waals surface area contributed by atoms with E-state index in [-0.39, 0.29) is 23.6 Å². The van der Waals surface area contributed by atoms with Crippen molar-refractivity contribution in [1.29, 1.82) is 0 Å². The molecule has 0 bridgehead atoms. The van der Waals surface area contributed by atoms with Gasteiger partial charge in [0.2, 0.25) is 5.91 Å². The average Bonchev–Trinajstić information content (AvgIpc) is 3.22. The molecule has 176 valence electrons. The van der Waals surface area contributed by atoms with Crippen molar-refractivity contribution in [1.82, 2.24) is 20.4 Å². The van der Waals surface area contributed by atoms with Gasteiger partial charge < -0.3 is 19.7 Å². The number of hydrogen-bond donors (Lipinski definition) is 2. The lowest BCUT2D eigenvalue weighted by molar-refractivity contribution is -0.124. The van der Waals surface area contributed by atoms with E-state index in [1.54, 1.807) is 20.0 Å². The van der Waals surface area contributed by atoms with E-state index in [0.29, 0.717) is 28.1 Å². The van der Waals surface area contributed by atoms with Crippen molar-refractivity contribution in [2.45, 2.75) is 50.7 Å². The minimum Gasteiger partial charge on any atom is -0.360 e. The number of nitrogens with zero attached hydrogens (tertiary/aromatic N) is 2. The van der Waals surface area contributed by atoms with Crippen LogP contribution in [0.5, 0.6) is 0 Å². The van der Waals surface area contributed by atoms with Crippen LogP contribution >= 0.6 is 11.6 Å². The van der Waals surface area contributed by atoms with E-state index in [0.717, 1.165) is 35.7 Å². The van der Waals surface area contributed by atoms with Crippen LogP contribution in [0.15, 0.2) is 57.8 Å². The molecule has 1 fully saturated rings. The van der Waals surface area contributed by atoms with E-state index < -0.39 is 6.04 Å². The Kier molecular flexibility index (Phi) is 6.15. The van der Waals surface area contributed by atoms with Crippen molar-refractivity contribution < 1.29 is 9.32 Å². The number of amides is 1. The maximum atomic E-state index is 13.6. The number of fused-ring (bicyclic) bond motifs is 3. The summed E-state index contributed by atoms with van der Waals surface area (Å²) < 4.78 is 7.20. The predicted octanol–water partition coefficient (Wildman–Crippen LogP) is 4.67. The number of nitrogens with one attached hydrogen (secondary N) is 2. The zero-order valence-electron chi connectivity index (χ0n) is 19.2. The average molecular weight is 479 g/mol. The third-order valence-corrected chi connectivity index (χ3v) is 7.14. The van der Waals surface area contributed by atoms with Crippen LogP contribution in [0.25, 0.3) is 21.8 Å². The molecule has 1 aliphatic carbocycles. The lowest BCUT2D eigenvalue weighted by atomic mass is 9.89. The lowest BCUT2D eigenvalue weighted by Crippen LogP contribution is -2.44. The topological polar surface area (TPSA) is 89.2 Å². The van der Waals surface area contributed by atoms with Crippen molar-refractivity contribution in [2.24, 2.45) is 0 Å². The Bertz CT molecular complexity index is 1410. The molecule has 2 aromatic heterocycles. The maximum absolute atomic E-state index is 13.6. The first-order valence-corrected chi connectivity index (χ1v) is 12.0. The molecule has 2 unspecified atom stereocenters. The first-order valence-electron chi connectivity index (χ1n) is 11.6. The van der Waals surface area contributed by atoms with E-state index in [2.05, 4.69) is 15.8 Å². The third kappa shape index (κ3) is 3.89. The fourth-order valence-corrected chi connectivity index (χ4v) is 5.50. The van der Waals surface area contributed by atoms with Crippen molar-refractivity contribution in [3.05, 3.63) is 75.2 Å². The van der Waals surface area contributed by atoms with Gasteiger partial charge in [0.1, 0.15) is 22.7 Å². The molecule has 0 saturated heterocycles. The molecule has 8 heteroatoms. The second-order valence-electron chi connectivity index (χ2n) is 8.93. The number of hydrogen-bond acceptors (Lipinski definition) is 5. The van der Waals surface area contributed by atoms with Gasteiger partial charge in [-0.2, -0.15) is 0 Å². The van der Waals surface area contributed by atoms with Crippen LogP contribution in [-0.2, 0) is 4.79 Å². The van der Waals surface area contributed by atoms with E-state index in [4.69, 9.17) is 16.1 Å². The van der Waals surface area contributed by atoms with Crippen LogP contribution in [0, 0.1) is 6.92 Å². The number of rotatable bonds is 5. The molecule has 0 aliphatic heterocycles. The second-order valence-corrected chi connectivity index (χ2v) is 9.34. The van der Waals surface area contributed by atoms with E-state index >= 15 is 0 Å². The fourth-order valence-electron chi connectivity index (χ4n) is 5.24. The Morgan fingerprint density at radius 1 is 1.15 bits per heavy atom. The van der Waals surface area contributed by atoms with Crippen LogP contribution in [0.3, 0.4) is 0 Å². The Labute approximate surface area is 202 Å². The molecule has 2 N–H and O–H groups in total. The SMILES string of the molecule is CNC(C(=O)NC1CCC[C@H](n2c(=O)c3c(C)onc3c3c(Cl)cccc32)C1)c1ccccc1. The number of aryl methyl sites for hydroxylation is 1. The van der Waals surface area contributed by atoms with Gasteiger partial charge in [0.25, 0.3) is 5.56 Å². The summed E-state index contributed by atoms with van der Waals surface area (Å²) in [4.78, 5) is 26.7. The van der Waals surface area contributed by atoms with Gasteiger partial charge in [0.05, 0.1) is 10.5 Å². The third-order valence-electron chi connectivity index (χ3n) is 6.83. The van der Waals surface area contributed by atoms with Crippen molar-refractivity contribution in [3.63, 3.8) is 0 Å². The molecule has 1 saturated carbocycles. The Balaban J connectivity index is 1.48. The zero-order valence-corrected chi connectivity index (χ0v) is 19.9. The van der Waals surface area contributed by atoms with Gasteiger partial charge in [0, 0.05) is 17.5 Å². The van der Waals surface area contributed by atoms with Crippen LogP contribution in [-0.4, -0.2) is 28.7 Å². The smallest absolute Gasteiger partial charge is 0.264 e. The molecule has 1 amide bonds. The maximum Gasteiger partial charge on any atom is 0.264 e. The van der Waals surface area contributed by atoms with E-state index in [1.165, 1.54) is 0 Å². The molecule has 0 radical (unpaired) electrons. The van der Waals surface area contributed by atoms with Crippen LogP contribution < -0.4 is 16.2 Å². The summed E-state index contributed by atoms with van der Waals surface area (Å²) in [7, 11) is 1.78. The largest absolute Gasteiger partial charge is 0.360 e. The molecule has 7 nitrogen and oxygen atoms in total. The first-order chi connectivity index (χ1) is 16.5. The summed E-state index contributed by atoms with van der Waals surface area (Å²) in [6.45, 7) is 1.75. The van der Waals surface area contributed by atoms with Gasteiger partial charge in [-0.05, 0) is 57.4 Å². The number of carbonyl (C=O) groups excluding carboxylic acids is 1. The summed E-state index contributed by atoms with van der Waals surface area (Å²) >= 11 is 6.55. The molecule has 5 rings (SSSR count). The number of pyridine rings is 1. The summed E-state index contributed by atoms with van der Waals surface area (Å²) in [5.74, 6) is 0.417. The molecule has 4 aromatic rings. The van der Waals surface area contributed by atoms with Gasteiger partial charge in [-0.25, -0.2) is 0 Å². The molecule has 2 heterocycles. The highest BCUT2D eigenvalue weighted by Crippen LogP contribution is 2.35. The van der Waals surface area contributed by atoms with Crippen LogP contribution in [0.1, 0.15) is 49.1 Å². The van der Waals surface area contributed by atoms with Gasteiger partial charge in [-0.15, -0.1) is 0 Å². The quantitative estimate of drug-likeness (QED) is 0.435. The van der Waals surface area contributed by atoms with Crippen molar-refractivity contribution in [3.8, 4) is 0 Å². The summed E-state index contributed by atoms with van der Waals surface area (Å²) in [5, 5.41) is 12.2. The number of aromatic nitrogens is 2. The van der Waals surface area contributed by atoms with E-state index in [1.807, 2.05) is 47.0 Å². The van der Waals surface area contributed by atoms with Crippen molar-refractivity contribution in [2.75, 3.05) is 7.05 Å². The second kappa shape index (κ2) is 9.24. The van der Waals surface area contributed by atoms with Gasteiger partial charge in [-0.3, -0.25) is 9.59 Å². The molecule has 3 atom stereocenters. The normalized spacial score (nSPS) is 19.4. The number of likely N-dealkylation sites (N-methyl/N-ethyl adjacent to an activating group) is 1. The number of halogens is 1. The van der Waals surface area contributed by atoms with Gasteiger partial charge in [0.15, 0.2) is 0 Å². The summed E-state index contributed by atoms with van der Waals surface area (Å²) in [5.41, 5.74) is 2.03. The Hall–Kier alpha value is -3.16. The molecular weight excluding hydrogens is 452 g/mol. The molecule has 34 heavy (non-hydrogen) atoms. The lowest BCUT2D eigenvalue weighted by Gasteiger charge is -2.33. The zero-order chi connectivity index (χ0) is 23.8. The predicted molar refractivity (Wildman–Crippen MR) is 133 cm³/mol. The Morgan fingerprint density at radius 2 is 1.94 bits per heavy atom. The van der Waals surface area contributed by atoms with E-state index in [9.17, 15) is 9.59 Å². The van der Waals surface area contributed by atoms with Crippen LogP contribution in [0.2, 0.25) is 5.02 Å². The molecule has 0 spiro atoms. The summed E-state index contributed by atoms with van der Waals surface area (Å²) in [6, 6.07) is 14.7. The number of benzene rings is 2. The highest BCUT2D eigenvalue weighted by atomic mass is 35.5.